The number of piperidine rings is 1. The Bertz CT molecular complexity index is 197. The van der Waals surface area contributed by atoms with Crippen LogP contribution in [0.3, 0.4) is 0 Å². The number of rotatable bonds is 4. The van der Waals surface area contributed by atoms with E-state index in [9.17, 15) is 4.79 Å². The molecule has 0 aliphatic carbocycles. The zero-order chi connectivity index (χ0) is 10.6. The van der Waals surface area contributed by atoms with E-state index in [1.165, 1.54) is 19.4 Å². The van der Waals surface area contributed by atoms with E-state index in [0.29, 0.717) is 12.6 Å². The highest BCUT2D eigenvalue weighted by molar-refractivity contribution is 5.66. The first-order chi connectivity index (χ1) is 6.59. The van der Waals surface area contributed by atoms with Gasteiger partial charge in [-0.3, -0.25) is 4.79 Å². The Hall–Kier alpha value is -0.610. The molecule has 1 atom stereocenters. The number of hydrogen-bond donors (Lipinski definition) is 1. The monoisotopic (exact) mass is 200 g/mol. The Morgan fingerprint density at radius 1 is 1.64 bits per heavy atom. The summed E-state index contributed by atoms with van der Waals surface area (Å²) in [5.41, 5.74) is 0. The maximum atomic E-state index is 10.4. The average Bonchev–Trinajstić information content (AvgIpc) is 2.14. The van der Waals surface area contributed by atoms with Gasteiger partial charge in [0.05, 0.1) is 6.42 Å². The standard InChI is InChI=1S/C10H20N2O2/c1-11-6-3-4-9(8-11)12(2)7-5-10(13)14/h9H,3-8H2,1-2H3,(H,13,14). The summed E-state index contributed by atoms with van der Waals surface area (Å²) in [5.74, 6) is -0.707. The second kappa shape index (κ2) is 5.32. The van der Waals surface area contributed by atoms with E-state index in [1.807, 2.05) is 7.05 Å². The van der Waals surface area contributed by atoms with Crippen LogP contribution < -0.4 is 0 Å². The van der Waals surface area contributed by atoms with Gasteiger partial charge >= 0.3 is 5.97 Å². The predicted octanol–water partition coefficient (Wildman–Crippen LogP) is 0.487. The number of likely N-dealkylation sites (tertiary alicyclic amines) is 1. The predicted molar refractivity (Wildman–Crippen MR) is 55.4 cm³/mol. The van der Waals surface area contributed by atoms with Gasteiger partial charge in [-0.05, 0) is 33.5 Å². The van der Waals surface area contributed by atoms with E-state index < -0.39 is 5.97 Å². The van der Waals surface area contributed by atoms with Crippen LogP contribution in [0, 0.1) is 0 Å². The normalized spacial score (nSPS) is 24.1. The van der Waals surface area contributed by atoms with Crippen molar-refractivity contribution in [1.82, 2.24) is 9.80 Å². The molecule has 1 saturated heterocycles. The van der Waals surface area contributed by atoms with Gasteiger partial charge in [0, 0.05) is 19.1 Å². The summed E-state index contributed by atoms with van der Waals surface area (Å²) in [6.45, 7) is 2.90. The molecule has 1 aliphatic heterocycles. The van der Waals surface area contributed by atoms with Crippen LogP contribution in [0.15, 0.2) is 0 Å². The Labute approximate surface area is 85.5 Å². The molecule has 0 radical (unpaired) electrons. The first-order valence-electron chi connectivity index (χ1n) is 5.20. The molecular weight excluding hydrogens is 180 g/mol. The van der Waals surface area contributed by atoms with Crippen molar-refractivity contribution in [3.63, 3.8) is 0 Å². The minimum Gasteiger partial charge on any atom is -0.481 e. The lowest BCUT2D eigenvalue weighted by atomic mass is 10.1. The van der Waals surface area contributed by atoms with Crippen LogP contribution in [0.1, 0.15) is 19.3 Å². The Morgan fingerprint density at radius 3 is 2.93 bits per heavy atom. The fraction of sp³-hybridized carbons (Fsp3) is 0.900. The maximum absolute atomic E-state index is 10.4. The summed E-state index contributed by atoms with van der Waals surface area (Å²) in [4.78, 5) is 14.9. The molecule has 1 fully saturated rings. The molecule has 4 nitrogen and oxygen atoms in total. The molecule has 82 valence electrons. The van der Waals surface area contributed by atoms with Crippen LogP contribution >= 0.6 is 0 Å². The van der Waals surface area contributed by atoms with Gasteiger partial charge in [0.2, 0.25) is 0 Å². The van der Waals surface area contributed by atoms with Gasteiger partial charge in [-0.1, -0.05) is 0 Å². The molecule has 1 rings (SSSR count). The molecule has 1 aliphatic rings. The van der Waals surface area contributed by atoms with Crippen molar-refractivity contribution in [1.29, 1.82) is 0 Å². The molecule has 0 aromatic heterocycles. The minimum atomic E-state index is -0.707. The number of hydrogen-bond acceptors (Lipinski definition) is 3. The summed E-state index contributed by atoms with van der Waals surface area (Å²) in [6.07, 6.45) is 2.66. The lowest BCUT2D eigenvalue weighted by Crippen LogP contribution is -2.45. The molecule has 0 aromatic carbocycles. The zero-order valence-electron chi connectivity index (χ0n) is 9.07. The van der Waals surface area contributed by atoms with Crippen molar-refractivity contribution in [2.24, 2.45) is 0 Å². The van der Waals surface area contributed by atoms with E-state index in [4.69, 9.17) is 5.11 Å². The van der Waals surface area contributed by atoms with Crippen LogP contribution in [-0.2, 0) is 4.79 Å². The van der Waals surface area contributed by atoms with Gasteiger partial charge in [0.1, 0.15) is 0 Å². The van der Waals surface area contributed by atoms with E-state index in [1.54, 1.807) is 0 Å². The van der Waals surface area contributed by atoms with Crippen LogP contribution in [0.25, 0.3) is 0 Å². The number of carbonyl (C=O) groups is 1. The van der Waals surface area contributed by atoms with Gasteiger partial charge in [-0.25, -0.2) is 0 Å². The smallest absolute Gasteiger partial charge is 0.304 e. The minimum absolute atomic E-state index is 0.247. The molecule has 0 spiro atoms. The van der Waals surface area contributed by atoms with Crippen molar-refractivity contribution in [2.45, 2.75) is 25.3 Å². The highest BCUT2D eigenvalue weighted by Gasteiger charge is 2.20. The van der Waals surface area contributed by atoms with Gasteiger partial charge < -0.3 is 14.9 Å². The zero-order valence-corrected chi connectivity index (χ0v) is 9.07. The van der Waals surface area contributed by atoms with Crippen molar-refractivity contribution in [3.05, 3.63) is 0 Å². The van der Waals surface area contributed by atoms with Crippen molar-refractivity contribution < 1.29 is 9.90 Å². The summed E-state index contributed by atoms with van der Waals surface area (Å²) in [6, 6.07) is 0.535. The molecule has 0 bridgehead atoms. The van der Waals surface area contributed by atoms with Crippen LogP contribution in [-0.4, -0.2) is 60.6 Å². The van der Waals surface area contributed by atoms with Crippen molar-refractivity contribution >= 4 is 5.97 Å². The van der Waals surface area contributed by atoms with Crippen LogP contribution in [0.4, 0.5) is 0 Å². The average molecular weight is 200 g/mol. The quantitative estimate of drug-likeness (QED) is 0.717. The topological polar surface area (TPSA) is 43.8 Å². The molecule has 1 N–H and O–H groups in total. The van der Waals surface area contributed by atoms with Crippen molar-refractivity contribution in [2.75, 3.05) is 33.7 Å². The molecule has 1 heterocycles. The third-order valence-corrected chi connectivity index (χ3v) is 2.90. The second-order valence-electron chi connectivity index (χ2n) is 4.18. The number of nitrogens with zero attached hydrogens (tertiary/aromatic N) is 2. The SMILES string of the molecule is CN1CCCC(N(C)CCC(=O)O)C1. The Kier molecular flexibility index (Phi) is 4.35. The number of carboxylic acid groups (broad SMARTS) is 1. The van der Waals surface area contributed by atoms with Crippen LogP contribution in [0.2, 0.25) is 0 Å². The van der Waals surface area contributed by atoms with E-state index in [2.05, 4.69) is 16.8 Å². The van der Waals surface area contributed by atoms with Gasteiger partial charge in [-0.15, -0.1) is 0 Å². The maximum Gasteiger partial charge on any atom is 0.304 e. The van der Waals surface area contributed by atoms with Crippen LogP contribution in [0.5, 0.6) is 0 Å². The first kappa shape index (κ1) is 11.5. The molecular formula is C10H20N2O2. The molecule has 1 unspecified atom stereocenters. The fourth-order valence-corrected chi connectivity index (χ4v) is 1.95. The summed E-state index contributed by atoms with van der Waals surface area (Å²) in [7, 11) is 4.14. The van der Waals surface area contributed by atoms with E-state index in [0.717, 1.165) is 6.54 Å². The van der Waals surface area contributed by atoms with E-state index >= 15 is 0 Å². The molecule has 0 aromatic rings. The van der Waals surface area contributed by atoms with Gasteiger partial charge in [0.25, 0.3) is 0 Å². The number of aliphatic carboxylic acids is 1. The van der Waals surface area contributed by atoms with Crippen molar-refractivity contribution in [3.8, 4) is 0 Å². The summed E-state index contributed by atoms with van der Waals surface area (Å²) >= 11 is 0. The molecule has 14 heavy (non-hydrogen) atoms. The highest BCUT2D eigenvalue weighted by Crippen LogP contribution is 2.13. The third kappa shape index (κ3) is 3.64. The van der Waals surface area contributed by atoms with Gasteiger partial charge in [-0.2, -0.15) is 0 Å². The molecule has 4 heteroatoms. The Balaban J connectivity index is 2.28. The third-order valence-electron chi connectivity index (χ3n) is 2.90. The molecule has 0 saturated carbocycles. The summed E-state index contributed by atoms with van der Waals surface area (Å²) in [5, 5.41) is 8.58. The lowest BCUT2D eigenvalue weighted by Gasteiger charge is -2.35. The van der Waals surface area contributed by atoms with Gasteiger partial charge in [0.15, 0.2) is 0 Å². The summed E-state index contributed by atoms with van der Waals surface area (Å²) < 4.78 is 0. The number of likely N-dealkylation sites (N-methyl/N-ethyl adjacent to an activating group) is 2. The second-order valence-corrected chi connectivity index (χ2v) is 4.18. The largest absolute Gasteiger partial charge is 0.481 e. The van der Waals surface area contributed by atoms with E-state index in [-0.39, 0.29) is 6.42 Å². The Morgan fingerprint density at radius 2 is 2.36 bits per heavy atom. The number of carboxylic acids is 1. The fourth-order valence-electron chi connectivity index (χ4n) is 1.95. The lowest BCUT2D eigenvalue weighted by molar-refractivity contribution is -0.137. The first-order valence-corrected chi connectivity index (χ1v) is 5.20. The highest BCUT2D eigenvalue weighted by atomic mass is 16.4. The molecule has 0 amide bonds.